The standard InChI is InChI=1S/C17H13ClN4O5S/c1-2-15-19-17(21-20-15)28-14(16(23)24)8-10-4-6-13(27-10)11-7-9(22(25)26)3-5-12(11)18/h3-8H,2H2,1H3,(H,23,24)(H,19,20,21)/b14-8-. The van der Waals surface area contributed by atoms with Gasteiger partial charge in [0.1, 0.15) is 22.3 Å². The lowest BCUT2D eigenvalue weighted by Gasteiger charge is -2.01. The second-order valence-corrected chi connectivity index (χ2v) is 6.87. The average molecular weight is 421 g/mol. The third-order valence-electron chi connectivity index (χ3n) is 3.58. The second kappa shape index (κ2) is 8.28. The Balaban J connectivity index is 1.90. The molecule has 0 atom stereocenters. The van der Waals surface area contributed by atoms with Crippen molar-refractivity contribution in [1.82, 2.24) is 15.2 Å². The molecule has 2 N–H and O–H groups in total. The van der Waals surface area contributed by atoms with Crippen molar-refractivity contribution in [2.45, 2.75) is 18.5 Å². The zero-order valence-corrected chi connectivity index (χ0v) is 16.0. The summed E-state index contributed by atoms with van der Waals surface area (Å²) in [6.45, 7) is 1.90. The average Bonchev–Trinajstić information content (AvgIpc) is 3.30. The molecule has 0 bridgehead atoms. The third kappa shape index (κ3) is 4.41. The van der Waals surface area contributed by atoms with Crippen molar-refractivity contribution in [1.29, 1.82) is 0 Å². The smallest absolute Gasteiger partial charge is 0.342 e. The monoisotopic (exact) mass is 420 g/mol. The number of aliphatic carboxylic acids is 1. The Morgan fingerprint density at radius 1 is 1.43 bits per heavy atom. The molecular weight excluding hydrogens is 408 g/mol. The number of halogens is 1. The van der Waals surface area contributed by atoms with Crippen LogP contribution in [-0.4, -0.2) is 31.2 Å². The number of hydrogen-bond donors (Lipinski definition) is 2. The van der Waals surface area contributed by atoms with Crippen molar-refractivity contribution in [3.63, 3.8) is 0 Å². The van der Waals surface area contributed by atoms with Crippen molar-refractivity contribution >= 4 is 41.1 Å². The fourth-order valence-corrected chi connectivity index (χ4v) is 3.15. The molecule has 0 radical (unpaired) electrons. The summed E-state index contributed by atoms with van der Waals surface area (Å²) in [5, 5.41) is 27.6. The fourth-order valence-electron chi connectivity index (χ4n) is 2.23. The topological polar surface area (TPSA) is 135 Å². The summed E-state index contributed by atoms with van der Waals surface area (Å²) in [5.74, 6) is 0.00148. The van der Waals surface area contributed by atoms with Crippen LogP contribution in [0.15, 0.2) is 44.8 Å². The molecule has 0 fully saturated rings. The minimum atomic E-state index is -1.17. The van der Waals surface area contributed by atoms with Gasteiger partial charge >= 0.3 is 5.97 Å². The number of aromatic nitrogens is 3. The zero-order valence-electron chi connectivity index (χ0n) is 14.4. The number of carbonyl (C=O) groups is 1. The number of nitro groups is 1. The van der Waals surface area contributed by atoms with E-state index in [9.17, 15) is 20.0 Å². The summed E-state index contributed by atoms with van der Waals surface area (Å²) in [6.07, 6.45) is 1.97. The van der Waals surface area contributed by atoms with Gasteiger partial charge in [-0.25, -0.2) is 9.78 Å². The van der Waals surface area contributed by atoms with Gasteiger partial charge in [0.2, 0.25) is 5.16 Å². The van der Waals surface area contributed by atoms with Crippen molar-refractivity contribution in [2.24, 2.45) is 0 Å². The maximum absolute atomic E-state index is 11.5. The molecule has 0 saturated heterocycles. The van der Waals surface area contributed by atoms with Gasteiger partial charge in [-0.15, -0.1) is 5.10 Å². The summed E-state index contributed by atoms with van der Waals surface area (Å²) >= 11 is 6.98. The van der Waals surface area contributed by atoms with Crippen LogP contribution in [0.25, 0.3) is 17.4 Å². The summed E-state index contributed by atoms with van der Waals surface area (Å²) in [6, 6.07) is 7.09. The quantitative estimate of drug-likeness (QED) is 0.248. The van der Waals surface area contributed by atoms with E-state index >= 15 is 0 Å². The minimum Gasteiger partial charge on any atom is -0.477 e. The highest BCUT2D eigenvalue weighted by molar-refractivity contribution is 8.04. The Labute approximate surface area is 167 Å². The van der Waals surface area contributed by atoms with Gasteiger partial charge in [-0.2, -0.15) is 0 Å². The molecule has 3 rings (SSSR count). The van der Waals surface area contributed by atoms with E-state index in [1.54, 1.807) is 12.1 Å². The molecule has 0 aliphatic heterocycles. The Morgan fingerprint density at radius 3 is 2.86 bits per heavy atom. The van der Waals surface area contributed by atoms with Gasteiger partial charge in [0.15, 0.2) is 0 Å². The molecular formula is C17H13ClN4O5S. The van der Waals surface area contributed by atoms with E-state index in [0.29, 0.717) is 17.8 Å². The van der Waals surface area contributed by atoms with Gasteiger partial charge < -0.3 is 9.52 Å². The highest BCUT2D eigenvalue weighted by Gasteiger charge is 2.17. The van der Waals surface area contributed by atoms with Crippen LogP contribution < -0.4 is 0 Å². The largest absolute Gasteiger partial charge is 0.477 e. The summed E-state index contributed by atoms with van der Waals surface area (Å²) in [7, 11) is 0. The SMILES string of the molecule is CCc1nc(S/C(=C\c2ccc(-c3cc([N+](=O)[O-])ccc3Cl)o2)C(=O)O)n[nH]1. The molecule has 11 heteroatoms. The number of aryl methyl sites for hydroxylation is 1. The number of nitrogens with one attached hydrogen (secondary N) is 1. The molecule has 0 aliphatic rings. The number of carboxylic acids is 1. The second-order valence-electron chi connectivity index (χ2n) is 5.46. The number of H-pyrrole nitrogens is 1. The number of benzene rings is 1. The predicted molar refractivity (Wildman–Crippen MR) is 103 cm³/mol. The Morgan fingerprint density at radius 2 is 2.21 bits per heavy atom. The lowest BCUT2D eigenvalue weighted by molar-refractivity contribution is -0.384. The lowest BCUT2D eigenvalue weighted by Crippen LogP contribution is -1.97. The van der Waals surface area contributed by atoms with Crippen molar-refractivity contribution in [2.75, 3.05) is 0 Å². The number of furan rings is 1. The molecule has 0 amide bonds. The maximum Gasteiger partial charge on any atom is 0.342 e. The van der Waals surface area contributed by atoms with Crippen molar-refractivity contribution in [3.05, 3.63) is 62.0 Å². The first-order chi connectivity index (χ1) is 13.4. The number of nitrogens with zero attached hydrogens (tertiary/aromatic N) is 3. The summed E-state index contributed by atoms with van der Waals surface area (Å²) < 4.78 is 5.62. The number of nitro benzene ring substituents is 1. The highest BCUT2D eigenvalue weighted by atomic mass is 35.5. The van der Waals surface area contributed by atoms with Gasteiger partial charge in [-0.05, 0) is 30.0 Å². The molecule has 0 aliphatic carbocycles. The van der Waals surface area contributed by atoms with Crippen LogP contribution >= 0.6 is 23.4 Å². The van der Waals surface area contributed by atoms with Crippen LogP contribution in [0.4, 0.5) is 5.69 Å². The Bertz CT molecular complexity index is 1080. The van der Waals surface area contributed by atoms with Gasteiger partial charge in [-0.3, -0.25) is 15.2 Å². The molecule has 0 spiro atoms. The van der Waals surface area contributed by atoms with E-state index in [1.165, 1.54) is 24.3 Å². The van der Waals surface area contributed by atoms with E-state index in [0.717, 1.165) is 11.8 Å². The molecule has 0 saturated carbocycles. The Kier molecular flexibility index (Phi) is 5.81. The van der Waals surface area contributed by atoms with Gasteiger partial charge in [-0.1, -0.05) is 18.5 Å². The first kappa shape index (κ1) is 19.6. The summed E-state index contributed by atoms with van der Waals surface area (Å²) in [4.78, 5) is 26.1. The van der Waals surface area contributed by atoms with Crippen molar-refractivity contribution < 1.29 is 19.2 Å². The number of non-ortho nitro benzene ring substituents is 1. The van der Waals surface area contributed by atoms with Gasteiger partial charge in [0.25, 0.3) is 5.69 Å². The molecule has 3 aromatic rings. The van der Waals surface area contributed by atoms with Crippen molar-refractivity contribution in [3.8, 4) is 11.3 Å². The molecule has 2 aromatic heterocycles. The van der Waals surface area contributed by atoms with Gasteiger partial charge in [0, 0.05) is 30.2 Å². The number of carboxylic acid groups (broad SMARTS) is 1. The van der Waals surface area contributed by atoms with E-state index < -0.39 is 10.9 Å². The van der Waals surface area contributed by atoms with E-state index in [1.807, 2.05) is 6.92 Å². The lowest BCUT2D eigenvalue weighted by atomic mass is 10.1. The molecule has 1 aromatic carbocycles. The number of rotatable bonds is 7. The van der Waals surface area contributed by atoms with E-state index in [4.69, 9.17) is 16.0 Å². The minimum absolute atomic E-state index is 0.0484. The van der Waals surface area contributed by atoms with Crippen LogP contribution in [0, 0.1) is 10.1 Å². The zero-order chi connectivity index (χ0) is 20.3. The molecule has 2 heterocycles. The molecule has 28 heavy (non-hydrogen) atoms. The van der Waals surface area contributed by atoms with Crippen LogP contribution in [0.5, 0.6) is 0 Å². The van der Waals surface area contributed by atoms with E-state index in [-0.39, 0.29) is 32.3 Å². The molecule has 0 unspecified atom stereocenters. The molecule has 9 nitrogen and oxygen atoms in total. The Hall–Kier alpha value is -3.11. The number of hydrogen-bond acceptors (Lipinski definition) is 7. The summed E-state index contributed by atoms with van der Waals surface area (Å²) in [5.41, 5.74) is 0.201. The van der Waals surface area contributed by atoms with Crippen LogP contribution in [-0.2, 0) is 11.2 Å². The highest BCUT2D eigenvalue weighted by Crippen LogP contribution is 2.34. The van der Waals surface area contributed by atoms with E-state index in [2.05, 4.69) is 15.2 Å². The predicted octanol–water partition coefficient (Wildman–Crippen LogP) is 4.41. The third-order valence-corrected chi connectivity index (χ3v) is 4.79. The maximum atomic E-state index is 11.5. The van der Waals surface area contributed by atoms with Crippen LogP contribution in [0.2, 0.25) is 5.02 Å². The normalized spacial score (nSPS) is 11.6. The first-order valence-corrected chi connectivity index (χ1v) is 9.15. The van der Waals surface area contributed by atoms with Crippen LogP contribution in [0.1, 0.15) is 18.5 Å². The van der Waals surface area contributed by atoms with Crippen LogP contribution in [0.3, 0.4) is 0 Å². The van der Waals surface area contributed by atoms with Gasteiger partial charge in [0.05, 0.1) is 9.95 Å². The number of aromatic amines is 1. The first-order valence-electron chi connectivity index (χ1n) is 7.95. The fraction of sp³-hybridized carbons (Fsp3) is 0.118. The number of thioether (sulfide) groups is 1. The molecule has 144 valence electrons.